The number of fused-ring (bicyclic) bond motifs is 2. The predicted octanol–water partition coefficient (Wildman–Crippen LogP) is 6.06. The van der Waals surface area contributed by atoms with E-state index in [9.17, 15) is 19.2 Å². The lowest BCUT2D eigenvalue weighted by molar-refractivity contribution is -0.136. The molecule has 2 fully saturated rings. The van der Waals surface area contributed by atoms with E-state index in [4.69, 9.17) is 4.52 Å². The molecule has 3 aliphatic heterocycles. The molecular weight excluding hydrogens is 828 g/mol. The highest BCUT2D eigenvalue weighted by Crippen LogP contribution is 2.34. The van der Waals surface area contributed by atoms with Crippen LogP contribution in [0.5, 0.6) is 0 Å². The molecule has 4 amide bonds. The number of aromatic amines is 1. The monoisotopic (exact) mass is 880 g/mol. The van der Waals surface area contributed by atoms with E-state index in [1.54, 1.807) is 12.1 Å². The van der Waals surface area contributed by atoms with E-state index in [0.29, 0.717) is 42.6 Å². The van der Waals surface area contributed by atoms with Crippen LogP contribution >= 0.6 is 0 Å². The van der Waals surface area contributed by atoms with E-state index in [-0.39, 0.29) is 48.1 Å². The van der Waals surface area contributed by atoms with E-state index in [1.807, 2.05) is 39.8 Å². The number of H-pyrrole nitrogens is 1. The summed E-state index contributed by atoms with van der Waals surface area (Å²) in [6.45, 7) is 11.8. The second-order valence-corrected chi connectivity index (χ2v) is 18.2. The summed E-state index contributed by atoms with van der Waals surface area (Å²) in [7, 11) is 0. The summed E-state index contributed by atoms with van der Waals surface area (Å²) in [5.74, 6) is -1.65. The SMILES string of the molecule is Cc1cc(-c2n[nH]c3ccc(-c4ccc(N5CCC(NCCNCc6ccc7c(c6F)CN(C6CCC(=O)NC6=O)C7=O)CC5)cc4)cc23)ccc1CNC(=O)c1nc(C(C)(C)C)no1. The fraction of sp³-hybridized carbons (Fsp3) is 0.367. The third-order valence-electron chi connectivity index (χ3n) is 12.7. The van der Waals surface area contributed by atoms with Gasteiger partial charge in [0.05, 0.1) is 17.8 Å². The van der Waals surface area contributed by atoms with E-state index in [1.165, 1.54) is 10.6 Å². The van der Waals surface area contributed by atoms with Crippen LogP contribution in [0.4, 0.5) is 10.1 Å². The Morgan fingerprint density at radius 3 is 2.38 bits per heavy atom. The van der Waals surface area contributed by atoms with Crippen molar-refractivity contribution in [1.29, 1.82) is 0 Å². The van der Waals surface area contributed by atoms with Gasteiger partial charge in [-0.05, 0) is 84.8 Å². The molecule has 3 aliphatic rings. The van der Waals surface area contributed by atoms with Crippen LogP contribution in [0.3, 0.4) is 0 Å². The number of anilines is 1. The zero-order valence-electron chi connectivity index (χ0n) is 37.0. The maximum absolute atomic E-state index is 15.5. The number of hydrogen-bond acceptors (Lipinski definition) is 11. The summed E-state index contributed by atoms with van der Waals surface area (Å²) in [5, 5.41) is 25.0. The molecule has 16 heteroatoms. The molecule has 65 heavy (non-hydrogen) atoms. The van der Waals surface area contributed by atoms with Crippen molar-refractivity contribution >= 4 is 40.2 Å². The summed E-state index contributed by atoms with van der Waals surface area (Å²) in [6, 6.07) is 24.1. The van der Waals surface area contributed by atoms with Crippen LogP contribution in [-0.2, 0) is 34.6 Å². The van der Waals surface area contributed by atoms with Gasteiger partial charge in [-0.15, -0.1) is 0 Å². The van der Waals surface area contributed by atoms with Crippen molar-refractivity contribution in [1.82, 2.24) is 46.5 Å². The van der Waals surface area contributed by atoms with Gasteiger partial charge in [-0.1, -0.05) is 62.3 Å². The lowest BCUT2D eigenvalue weighted by Crippen LogP contribution is -2.52. The largest absolute Gasteiger partial charge is 0.371 e. The molecule has 9 rings (SSSR count). The fourth-order valence-electron chi connectivity index (χ4n) is 8.91. The Hall–Kier alpha value is -6.78. The topological polar surface area (TPSA) is 190 Å². The first-order valence-electron chi connectivity index (χ1n) is 22.3. The highest BCUT2D eigenvalue weighted by molar-refractivity contribution is 6.05. The van der Waals surface area contributed by atoms with Gasteiger partial charge in [-0.2, -0.15) is 10.1 Å². The zero-order chi connectivity index (χ0) is 45.4. The third kappa shape index (κ3) is 9.13. The number of piperidine rings is 2. The molecule has 5 N–H and O–H groups in total. The normalized spacial score (nSPS) is 16.9. The van der Waals surface area contributed by atoms with Gasteiger partial charge in [-0.25, -0.2) is 4.39 Å². The van der Waals surface area contributed by atoms with Gasteiger partial charge in [0, 0.05) is 90.5 Å². The minimum Gasteiger partial charge on any atom is -0.371 e. The number of carbonyl (C=O) groups is 4. The van der Waals surface area contributed by atoms with Crippen molar-refractivity contribution in [3.63, 3.8) is 0 Å². The van der Waals surface area contributed by atoms with E-state index in [2.05, 4.69) is 95.0 Å². The number of nitrogens with one attached hydrogen (secondary N) is 5. The standard InChI is InChI=1S/C49H53FN10O5/c1-28-23-31(5-6-32(28)26-53-45(63)46-55-48(58-65-46)49(2,3)4)43-37-24-30(10-14-39(37)56-57-43)29-7-11-35(12-8-29)59-21-17-34(18-22-59)52-20-19-51-25-33-9-13-36-38(42(33)50)27-60(47(36)64)40-15-16-41(61)54-44(40)62/h5-14,23-24,34,40,51-52H,15-22,25-27H2,1-4H3,(H,53,63)(H,56,57)(H,54,61,62). The smallest absolute Gasteiger partial charge is 0.315 e. The molecule has 5 heterocycles. The molecule has 2 aromatic heterocycles. The fourth-order valence-corrected chi connectivity index (χ4v) is 8.91. The Kier molecular flexibility index (Phi) is 12.0. The number of hydrogen-bond donors (Lipinski definition) is 5. The second-order valence-electron chi connectivity index (χ2n) is 18.2. The average molecular weight is 881 g/mol. The maximum Gasteiger partial charge on any atom is 0.315 e. The number of halogens is 1. The van der Waals surface area contributed by atoms with Crippen molar-refractivity contribution in [3.05, 3.63) is 118 Å². The molecule has 0 bridgehead atoms. The molecular formula is C49H53FN10O5. The molecule has 1 unspecified atom stereocenters. The number of aromatic nitrogens is 4. The van der Waals surface area contributed by atoms with Crippen molar-refractivity contribution in [3.8, 4) is 22.4 Å². The Morgan fingerprint density at radius 1 is 0.892 bits per heavy atom. The van der Waals surface area contributed by atoms with Gasteiger partial charge >= 0.3 is 11.8 Å². The van der Waals surface area contributed by atoms with Crippen LogP contribution in [-0.4, -0.2) is 87.1 Å². The Labute approximate surface area is 375 Å². The number of imide groups is 1. The molecule has 2 saturated heterocycles. The summed E-state index contributed by atoms with van der Waals surface area (Å²) < 4.78 is 20.7. The molecule has 0 radical (unpaired) electrons. The van der Waals surface area contributed by atoms with Gasteiger partial charge < -0.3 is 30.3 Å². The van der Waals surface area contributed by atoms with Crippen LogP contribution in [0, 0.1) is 12.7 Å². The first kappa shape index (κ1) is 43.5. The molecule has 0 spiro atoms. The number of nitrogens with zero attached hydrogens (tertiary/aromatic N) is 5. The minimum absolute atomic E-state index is 0.0157. The summed E-state index contributed by atoms with van der Waals surface area (Å²) in [4.78, 5) is 57.7. The van der Waals surface area contributed by atoms with Crippen LogP contribution < -0.4 is 26.2 Å². The molecule has 4 aromatic carbocycles. The van der Waals surface area contributed by atoms with E-state index >= 15 is 4.39 Å². The molecule has 1 atom stereocenters. The Balaban J connectivity index is 0.737. The quantitative estimate of drug-likeness (QED) is 0.0670. The van der Waals surface area contributed by atoms with Crippen LogP contribution in [0.1, 0.15) is 95.6 Å². The first-order valence-corrected chi connectivity index (χ1v) is 22.3. The lowest BCUT2D eigenvalue weighted by atomic mass is 9.96. The van der Waals surface area contributed by atoms with Crippen molar-refractivity contribution in [2.24, 2.45) is 0 Å². The van der Waals surface area contributed by atoms with Crippen molar-refractivity contribution in [2.75, 3.05) is 31.1 Å². The van der Waals surface area contributed by atoms with Gasteiger partial charge in [0.25, 0.3) is 5.91 Å². The minimum atomic E-state index is -0.774. The number of aryl methyl sites for hydroxylation is 1. The Bertz CT molecular complexity index is 2790. The molecule has 0 saturated carbocycles. The van der Waals surface area contributed by atoms with Crippen molar-refractivity contribution in [2.45, 2.75) is 90.5 Å². The highest BCUT2D eigenvalue weighted by atomic mass is 19.1. The predicted molar refractivity (Wildman–Crippen MR) is 243 cm³/mol. The molecule has 0 aliphatic carbocycles. The van der Waals surface area contributed by atoms with Crippen LogP contribution in [0.25, 0.3) is 33.3 Å². The van der Waals surface area contributed by atoms with Crippen LogP contribution in [0.2, 0.25) is 0 Å². The number of amides is 4. The van der Waals surface area contributed by atoms with E-state index < -0.39 is 23.7 Å². The van der Waals surface area contributed by atoms with E-state index in [0.717, 1.165) is 76.9 Å². The third-order valence-corrected chi connectivity index (χ3v) is 12.7. The lowest BCUT2D eigenvalue weighted by Gasteiger charge is -2.34. The maximum atomic E-state index is 15.5. The summed E-state index contributed by atoms with van der Waals surface area (Å²) >= 11 is 0. The molecule has 15 nitrogen and oxygen atoms in total. The molecule has 336 valence electrons. The van der Waals surface area contributed by atoms with Crippen molar-refractivity contribution < 1.29 is 28.1 Å². The highest BCUT2D eigenvalue weighted by Gasteiger charge is 2.40. The second kappa shape index (κ2) is 18.0. The van der Waals surface area contributed by atoms with Crippen LogP contribution in [0.15, 0.2) is 77.3 Å². The summed E-state index contributed by atoms with van der Waals surface area (Å²) in [5.41, 5.74) is 8.92. The van der Waals surface area contributed by atoms with Gasteiger partial charge in [0.2, 0.25) is 11.8 Å². The van der Waals surface area contributed by atoms with Gasteiger partial charge in [0.15, 0.2) is 5.82 Å². The summed E-state index contributed by atoms with van der Waals surface area (Å²) in [6.07, 6.45) is 2.41. The Morgan fingerprint density at radius 2 is 1.65 bits per heavy atom. The number of rotatable bonds is 13. The number of benzene rings is 4. The first-order chi connectivity index (χ1) is 31.3. The zero-order valence-corrected chi connectivity index (χ0v) is 37.0. The number of carbonyl (C=O) groups excluding carboxylic acids is 4. The molecule has 6 aromatic rings. The average Bonchev–Trinajstić information content (AvgIpc) is 4.05. The van der Waals surface area contributed by atoms with Gasteiger partial charge in [0.1, 0.15) is 11.9 Å². The van der Waals surface area contributed by atoms with Gasteiger partial charge in [-0.3, -0.25) is 29.6 Å².